The SMILES string of the molecule is COc1ccc(-c2ccc3nc4c(n3c2)[C@@H](c2ccccc2OC(F)F)C[C@H]4OC)cn1. The van der Waals surface area contributed by atoms with E-state index in [0.717, 1.165) is 28.2 Å². The van der Waals surface area contributed by atoms with Crippen LogP contribution in [0.25, 0.3) is 16.8 Å². The molecule has 0 spiro atoms. The predicted molar refractivity (Wildman–Crippen MR) is 114 cm³/mol. The van der Waals surface area contributed by atoms with Crippen molar-refractivity contribution in [2.75, 3.05) is 14.2 Å². The maximum atomic E-state index is 13.0. The number of hydrogen-bond acceptors (Lipinski definition) is 5. The van der Waals surface area contributed by atoms with Gasteiger partial charge in [0.05, 0.1) is 18.5 Å². The van der Waals surface area contributed by atoms with Crippen LogP contribution in [0, 0.1) is 0 Å². The molecule has 6 nitrogen and oxygen atoms in total. The summed E-state index contributed by atoms with van der Waals surface area (Å²) in [6, 6.07) is 14.6. The minimum atomic E-state index is -2.90. The number of aromatic nitrogens is 3. The Morgan fingerprint density at radius 2 is 1.84 bits per heavy atom. The number of halogens is 2. The van der Waals surface area contributed by atoms with Crippen molar-refractivity contribution < 1.29 is 23.0 Å². The van der Waals surface area contributed by atoms with Crippen molar-refractivity contribution in [2.45, 2.75) is 25.1 Å². The van der Waals surface area contributed by atoms with E-state index < -0.39 is 6.61 Å². The number of ether oxygens (including phenoxy) is 3. The van der Waals surface area contributed by atoms with Crippen molar-refractivity contribution in [2.24, 2.45) is 0 Å². The van der Waals surface area contributed by atoms with Crippen LogP contribution in [0.5, 0.6) is 11.6 Å². The molecule has 32 heavy (non-hydrogen) atoms. The molecule has 3 heterocycles. The van der Waals surface area contributed by atoms with E-state index in [4.69, 9.17) is 19.2 Å². The Morgan fingerprint density at radius 3 is 2.56 bits per heavy atom. The Kier molecular flexibility index (Phi) is 5.22. The monoisotopic (exact) mass is 437 g/mol. The van der Waals surface area contributed by atoms with Crippen molar-refractivity contribution in [3.05, 3.63) is 77.9 Å². The smallest absolute Gasteiger partial charge is 0.387 e. The van der Waals surface area contributed by atoms with E-state index in [9.17, 15) is 8.78 Å². The Balaban J connectivity index is 1.64. The molecular weight excluding hydrogens is 416 g/mol. The number of pyridine rings is 2. The molecule has 0 amide bonds. The molecule has 3 aromatic heterocycles. The first-order valence-electron chi connectivity index (χ1n) is 10.2. The highest BCUT2D eigenvalue weighted by atomic mass is 19.3. The first kappa shape index (κ1) is 20.4. The quantitative estimate of drug-likeness (QED) is 0.414. The average molecular weight is 437 g/mol. The van der Waals surface area contributed by atoms with Crippen LogP contribution in [-0.2, 0) is 4.74 Å². The fourth-order valence-corrected chi connectivity index (χ4v) is 4.40. The van der Waals surface area contributed by atoms with Crippen molar-refractivity contribution in [3.63, 3.8) is 0 Å². The minimum Gasteiger partial charge on any atom is -0.481 e. The van der Waals surface area contributed by atoms with Gasteiger partial charge in [0, 0.05) is 48.2 Å². The number of methoxy groups -OCH3 is 2. The lowest BCUT2D eigenvalue weighted by Crippen LogP contribution is -2.08. The number of alkyl halides is 2. The van der Waals surface area contributed by atoms with Gasteiger partial charge >= 0.3 is 6.61 Å². The summed E-state index contributed by atoms with van der Waals surface area (Å²) in [5.74, 6) is 0.502. The van der Waals surface area contributed by atoms with Gasteiger partial charge in [0.25, 0.3) is 0 Å². The summed E-state index contributed by atoms with van der Waals surface area (Å²) >= 11 is 0. The fraction of sp³-hybridized carbons (Fsp3) is 0.250. The first-order valence-corrected chi connectivity index (χ1v) is 10.2. The third kappa shape index (κ3) is 3.46. The van der Waals surface area contributed by atoms with Crippen LogP contribution in [0.2, 0.25) is 0 Å². The van der Waals surface area contributed by atoms with Gasteiger partial charge in [-0.2, -0.15) is 8.78 Å². The van der Waals surface area contributed by atoms with Crippen LogP contribution in [0.15, 0.2) is 60.9 Å². The molecule has 0 saturated carbocycles. The van der Waals surface area contributed by atoms with E-state index in [0.29, 0.717) is 17.9 Å². The first-order chi connectivity index (χ1) is 15.6. The Morgan fingerprint density at radius 1 is 1.03 bits per heavy atom. The van der Waals surface area contributed by atoms with Gasteiger partial charge in [0.15, 0.2) is 0 Å². The molecule has 4 aromatic rings. The lowest BCUT2D eigenvalue weighted by molar-refractivity contribution is -0.0506. The number of para-hydroxylation sites is 1. The third-order valence-electron chi connectivity index (χ3n) is 5.84. The maximum Gasteiger partial charge on any atom is 0.387 e. The molecule has 164 valence electrons. The molecule has 1 aliphatic rings. The topological polar surface area (TPSA) is 57.9 Å². The molecule has 0 bridgehead atoms. The Bertz CT molecular complexity index is 1260. The van der Waals surface area contributed by atoms with Crippen LogP contribution in [0.1, 0.15) is 35.4 Å². The number of nitrogens with zero attached hydrogens (tertiary/aromatic N) is 3. The van der Waals surface area contributed by atoms with E-state index in [2.05, 4.69) is 4.98 Å². The standard InChI is InChI=1S/C24H21F2N3O3/c1-30-19-11-17(16-5-3-4-6-18(16)32-24(25)26)23-22(19)28-20-9-7-15(13-29(20)23)14-8-10-21(31-2)27-12-14/h3-10,12-13,17,19,24H,11H2,1-2H3/t17-,19-/m1/s1. The van der Waals surface area contributed by atoms with Gasteiger partial charge < -0.3 is 18.6 Å². The van der Waals surface area contributed by atoms with Gasteiger partial charge in [-0.1, -0.05) is 18.2 Å². The van der Waals surface area contributed by atoms with E-state index in [1.807, 2.05) is 40.9 Å². The summed E-state index contributed by atoms with van der Waals surface area (Å²) in [5.41, 5.74) is 5.06. The zero-order valence-electron chi connectivity index (χ0n) is 17.5. The minimum absolute atomic E-state index is 0.167. The van der Waals surface area contributed by atoms with Crippen LogP contribution in [0.3, 0.4) is 0 Å². The number of rotatable bonds is 6. The zero-order chi connectivity index (χ0) is 22.2. The van der Waals surface area contributed by atoms with Crippen molar-refractivity contribution in [1.29, 1.82) is 0 Å². The molecular formula is C24H21F2N3O3. The summed E-state index contributed by atoms with van der Waals surface area (Å²) < 4.78 is 43.7. The highest BCUT2D eigenvalue weighted by Crippen LogP contribution is 2.48. The second kappa shape index (κ2) is 8.20. The summed E-state index contributed by atoms with van der Waals surface area (Å²) in [7, 11) is 3.21. The molecule has 0 N–H and O–H groups in total. The zero-order valence-corrected chi connectivity index (χ0v) is 17.5. The van der Waals surface area contributed by atoms with Gasteiger partial charge in [-0.25, -0.2) is 9.97 Å². The average Bonchev–Trinajstić information content (AvgIpc) is 3.36. The number of imidazole rings is 1. The molecule has 0 radical (unpaired) electrons. The molecule has 0 aliphatic heterocycles. The molecule has 1 aromatic carbocycles. The number of fused-ring (bicyclic) bond motifs is 3. The lowest BCUT2D eigenvalue weighted by Gasteiger charge is -2.18. The largest absolute Gasteiger partial charge is 0.481 e. The molecule has 0 fully saturated rings. The number of hydrogen-bond donors (Lipinski definition) is 0. The normalized spacial score (nSPS) is 17.7. The lowest BCUT2D eigenvalue weighted by atomic mass is 9.95. The number of benzene rings is 1. The van der Waals surface area contributed by atoms with Gasteiger partial charge in [-0.05, 0) is 30.7 Å². The summed E-state index contributed by atoms with van der Waals surface area (Å²) in [5, 5.41) is 0. The molecule has 5 rings (SSSR count). The second-order valence-electron chi connectivity index (χ2n) is 7.55. The van der Waals surface area contributed by atoms with E-state index in [1.54, 1.807) is 38.6 Å². The fourth-order valence-electron chi connectivity index (χ4n) is 4.40. The highest BCUT2D eigenvalue weighted by Gasteiger charge is 2.38. The van der Waals surface area contributed by atoms with Crippen molar-refractivity contribution in [1.82, 2.24) is 14.4 Å². The molecule has 2 atom stereocenters. The molecule has 1 aliphatic carbocycles. The third-order valence-corrected chi connectivity index (χ3v) is 5.84. The summed E-state index contributed by atoms with van der Waals surface area (Å²) in [6.07, 6.45) is 4.10. The molecule has 0 unspecified atom stereocenters. The van der Waals surface area contributed by atoms with Crippen LogP contribution >= 0.6 is 0 Å². The van der Waals surface area contributed by atoms with E-state index in [1.165, 1.54) is 0 Å². The Hall–Kier alpha value is -3.52. The van der Waals surface area contributed by atoms with Crippen LogP contribution in [-0.4, -0.2) is 35.2 Å². The van der Waals surface area contributed by atoms with Gasteiger partial charge in [0.1, 0.15) is 17.5 Å². The van der Waals surface area contributed by atoms with Gasteiger partial charge in [-0.3, -0.25) is 0 Å². The van der Waals surface area contributed by atoms with Crippen molar-refractivity contribution in [3.8, 4) is 22.8 Å². The Labute approximate surface area is 183 Å². The van der Waals surface area contributed by atoms with E-state index >= 15 is 0 Å². The second-order valence-corrected chi connectivity index (χ2v) is 7.55. The summed E-state index contributed by atoms with van der Waals surface area (Å²) in [4.78, 5) is 9.07. The van der Waals surface area contributed by atoms with Crippen molar-refractivity contribution >= 4 is 5.65 Å². The van der Waals surface area contributed by atoms with E-state index in [-0.39, 0.29) is 17.8 Å². The van der Waals surface area contributed by atoms with Gasteiger partial charge in [0.2, 0.25) is 5.88 Å². The maximum absolute atomic E-state index is 13.0. The highest BCUT2D eigenvalue weighted by molar-refractivity contribution is 5.65. The van der Waals surface area contributed by atoms with Crippen LogP contribution < -0.4 is 9.47 Å². The van der Waals surface area contributed by atoms with Gasteiger partial charge in [-0.15, -0.1) is 0 Å². The van der Waals surface area contributed by atoms with Crippen LogP contribution in [0.4, 0.5) is 8.78 Å². The molecule has 8 heteroatoms. The molecule has 0 saturated heterocycles. The summed E-state index contributed by atoms with van der Waals surface area (Å²) in [6.45, 7) is -2.90. The predicted octanol–water partition coefficient (Wildman–Crippen LogP) is 5.23.